The van der Waals surface area contributed by atoms with Crippen molar-refractivity contribution in [3.8, 4) is 0 Å². The summed E-state index contributed by atoms with van der Waals surface area (Å²) in [6, 6.07) is 11.3. The number of pyridine rings is 1. The molecule has 2 heterocycles. The smallest absolute Gasteiger partial charge is 0.227 e. The van der Waals surface area contributed by atoms with Gasteiger partial charge in [-0.3, -0.25) is 14.6 Å². The van der Waals surface area contributed by atoms with Crippen LogP contribution >= 0.6 is 0 Å². The van der Waals surface area contributed by atoms with Gasteiger partial charge in [0.2, 0.25) is 5.91 Å². The minimum atomic E-state index is -0.444. The molecule has 1 N–H and O–H groups in total. The standard InChI is InChI=1S/C25H29N3O2/c1-4-5-12-22(30)28-20-11-7-6-10-18(20)27-19-14-25(2,3)15-21(29)23(19)24(28)17-9-8-13-26-16-17/h6-11,13-14,16,23-24,27H,4-5,12,15H2,1-3H3/t23-,24-/m1/s1. The number of Topliss-reactive ketones (excluding diaryl/α,β-unsaturated/α-hetero) is 1. The van der Waals surface area contributed by atoms with Crippen molar-refractivity contribution < 1.29 is 9.59 Å². The molecule has 0 radical (unpaired) electrons. The molecule has 1 amide bonds. The van der Waals surface area contributed by atoms with Gasteiger partial charge in [0.15, 0.2) is 0 Å². The van der Waals surface area contributed by atoms with E-state index >= 15 is 0 Å². The first-order chi connectivity index (χ1) is 14.4. The molecule has 0 unspecified atom stereocenters. The summed E-state index contributed by atoms with van der Waals surface area (Å²) in [6.07, 6.45) is 8.33. The molecule has 2 aliphatic rings. The summed E-state index contributed by atoms with van der Waals surface area (Å²) in [4.78, 5) is 33.1. The minimum absolute atomic E-state index is 0.0406. The summed E-state index contributed by atoms with van der Waals surface area (Å²) >= 11 is 0. The van der Waals surface area contributed by atoms with E-state index in [-0.39, 0.29) is 17.1 Å². The number of allylic oxidation sites excluding steroid dienone is 1. The molecule has 0 bridgehead atoms. The number of unbranched alkanes of at least 4 members (excludes halogenated alkanes) is 1. The number of carbonyl (C=O) groups is 2. The monoisotopic (exact) mass is 403 g/mol. The van der Waals surface area contributed by atoms with E-state index in [0.717, 1.165) is 35.5 Å². The first-order valence-electron chi connectivity index (χ1n) is 10.7. The summed E-state index contributed by atoms with van der Waals surface area (Å²) in [5.74, 6) is -0.251. The van der Waals surface area contributed by atoms with Crippen molar-refractivity contribution in [1.82, 2.24) is 4.98 Å². The average molecular weight is 404 g/mol. The molecular weight excluding hydrogens is 374 g/mol. The van der Waals surface area contributed by atoms with E-state index in [0.29, 0.717) is 12.8 Å². The first kappa shape index (κ1) is 20.3. The van der Waals surface area contributed by atoms with E-state index in [1.807, 2.05) is 41.3 Å². The fourth-order valence-corrected chi connectivity index (χ4v) is 4.63. The Labute approximate surface area is 178 Å². The summed E-state index contributed by atoms with van der Waals surface area (Å²) in [7, 11) is 0. The van der Waals surface area contributed by atoms with Crippen molar-refractivity contribution in [2.24, 2.45) is 11.3 Å². The fourth-order valence-electron chi connectivity index (χ4n) is 4.63. The Bertz CT molecular complexity index is 981. The number of nitrogens with zero attached hydrogens (tertiary/aromatic N) is 2. The number of nitrogens with one attached hydrogen (secondary N) is 1. The van der Waals surface area contributed by atoms with Gasteiger partial charge in [0.1, 0.15) is 5.78 Å². The molecule has 1 aliphatic heterocycles. The Morgan fingerprint density at radius 1 is 1.23 bits per heavy atom. The van der Waals surface area contributed by atoms with Crippen LogP contribution in [0.1, 0.15) is 58.1 Å². The molecule has 4 rings (SSSR count). The van der Waals surface area contributed by atoms with Crippen LogP contribution in [0.3, 0.4) is 0 Å². The number of hydrogen-bond acceptors (Lipinski definition) is 4. The maximum Gasteiger partial charge on any atom is 0.227 e. The zero-order valence-corrected chi connectivity index (χ0v) is 17.9. The number of rotatable bonds is 4. The number of fused-ring (bicyclic) bond motifs is 2. The Balaban J connectivity index is 1.94. The molecule has 156 valence electrons. The van der Waals surface area contributed by atoms with E-state index in [1.54, 1.807) is 12.4 Å². The van der Waals surface area contributed by atoms with Crippen molar-refractivity contribution in [3.63, 3.8) is 0 Å². The van der Waals surface area contributed by atoms with Crippen molar-refractivity contribution in [3.05, 3.63) is 66.1 Å². The maximum atomic E-state index is 13.5. The Morgan fingerprint density at radius 2 is 2.03 bits per heavy atom. The van der Waals surface area contributed by atoms with Gasteiger partial charge < -0.3 is 10.2 Å². The SMILES string of the molecule is CCCCC(=O)N1c2ccccc2NC2=CC(C)(C)CC(=O)[C@@H]2[C@H]1c1cccnc1. The Kier molecular flexibility index (Phi) is 5.46. The second-order valence-corrected chi connectivity index (χ2v) is 8.95. The van der Waals surface area contributed by atoms with Crippen molar-refractivity contribution in [2.45, 2.75) is 52.5 Å². The minimum Gasteiger partial charge on any atom is -0.357 e. The summed E-state index contributed by atoms with van der Waals surface area (Å²) in [6.45, 7) is 6.24. The third kappa shape index (κ3) is 3.76. The van der Waals surface area contributed by atoms with Crippen LogP contribution < -0.4 is 10.2 Å². The Morgan fingerprint density at radius 3 is 2.77 bits per heavy atom. The number of ketones is 1. The van der Waals surface area contributed by atoms with Crippen LogP contribution in [-0.2, 0) is 9.59 Å². The molecule has 1 aromatic carbocycles. The molecule has 5 nitrogen and oxygen atoms in total. The van der Waals surface area contributed by atoms with E-state index in [4.69, 9.17) is 0 Å². The van der Waals surface area contributed by atoms with Crippen LogP contribution in [0.4, 0.5) is 11.4 Å². The van der Waals surface area contributed by atoms with Gasteiger partial charge >= 0.3 is 0 Å². The third-order valence-electron chi connectivity index (χ3n) is 5.93. The number of benzene rings is 1. The molecule has 2 aromatic rings. The van der Waals surface area contributed by atoms with Crippen LogP contribution in [0.5, 0.6) is 0 Å². The van der Waals surface area contributed by atoms with Gasteiger partial charge in [0, 0.05) is 30.9 Å². The number of amides is 1. The van der Waals surface area contributed by atoms with E-state index in [1.165, 1.54) is 0 Å². The molecule has 5 heteroatoms. The van der Waals surface area contributed by atoms with Crippen molar-refractivity contribution in [2.75, 3.05) is 10.2 Å². The van der Waals surface area contributed by atoms with Crippen LogP contribution in [-0.4, -0.2) is 16.7 Å². The first-order valence-corrected chi connectivity index (χ1v) is 10.7. The highest BCUT2D eigenvalue weighted by molar-refractivity contribution is 6.01. The fraction of sp³-hybridized carbons (Fsp3) is 0.400. The number of anilines is 2. The van der Waals surface area contributed by atoms with Crippen LogP contribution in [0, 0.1) is 11.3 Å². The highest BCUT2D eigenvalue weighted by atomic mass is 16.2. The molecule has 30 heavy (non-hydrogen) atoms. The van der Waals surface area contributed by atoms with Gasteiger partial charge in [-0.2, -0.15) is 0 Å². The van der Waals surface area contributed by atoms with E-state index in [9.17, 15) is 9.59 Å². The number of carbonyl (C=O) groups excluding carboxylic acids is 2. The lowest BCUT2D eigenvalue weighted by atomic mass is 9.72. The summed E-state index contributed by atoms with van der Waals surface area (Å²) < 4.78 is 0. The molecule has 0 spiro atoms. The van der Waals surface area contributed by atoms with Crippen molar-refractivity contribution >= 4 is 23.1 Å². The topological polar surface area (TPSA) is 62.3 Å². The maximum absolute atomic E-state index is 13.5. The predicted molar refractivity (Wildman–Crippen MR) is 119 cm³/mol. The number of para-hydroxylation sites is 2. The highest BCUT2D eigenvalue weighted by Crippen LogP contribution is 2.48. The molecule has 1 aliphatic carbocycles. The zero-order valence-electron chi connectivity index (χ0n) is 17.9. The lowest BCUT2D eigenvalue weighted by molar-refractivity contribution is -0.125. The van der Waals surface area contributed by atoms with Crippen LogP contribution in [0.15, 0.2) is 60.6 Å². The lowest BCUT2D eigenvalue weighted by Gasteiger charge is -2.39. The normalized spacial score (nSPS) is 22.3. The molecule has 1 aromatic heterocycles. The quantitative estimate of drug-likeness (QED) is 0.755. The second kappa shape index (κ2) is 8.05. The average Bonchev–Trinajstić information content (AvgIpc) is 2.86. The van der Waals surface area contributed by atoms with Gasteiger partial charge in [-0.05, 0) is 35.6 Å². The van der Waals surface area contributed by atoms with E-state index in [2.05, 4.69) is 37.1 Å². The van der Waals surface area contributed by atoms with Crippen molar-refractivity contribution in [1.29, 1.82) is 0 Å². The van der Waals surface area contributed by atoms with Crippen LogP contribution in [0.25, 0.3) is 0 Å². The summed E-state index contributed by atoms with van der Waals surface area (Å²) in [5, 5.41) is 3.51. The van der Waals surface area contributed by atoms with Gasteiger partial charge in [-0.1, -0.05) is 51.5 Å². The largest absolute Gasteiger partial charge is 0.357 e. The molecule has 0 saturated heterocycles. The lowest BCUT2D eigenvalue weighted by Crippen LogP contribution is -2.43. The van der Waals surface area contributed by atoms with E-state index < -0.39 is 12.0 Å². The molecular formula is C25H29N3O2. The molecule has 0 saturated carbocycles. The van der Waals surface area contributed by atoms with Gasteiger partial charge in [-0.15, -0.1) is 0 Å². The van der Waals surface area contributed by atoms with Gasteiger partial charge in [0.25, 0.3) is 0 Å². The molecule has 0 fully saturated rings. The second-order valence-electron chi connectivity index (χ2n) is 8.95. The van der Waals surface area contributed by atoms with Gasteiger partial charge in [-0.25, -0.2) is 0 Å². The number of hydrogen-bond donors (Lipinski definition) is 1. The summed E-state index contributed by atoms with van der Waals surface area (Å²) in [5.41, 5.74) is 3.20. The highest BCUT2D eigenvalue weighted by Gasteiger charge is 2.46. The number of aromatic nitrogens is 1. The zero-order chi connectivity index (χ0) is 21.3. The van der Waals surface area contributed by atoms with Gasteiger partial charge in [0.05, 0.1) is 23.3 Å². The predicted octanol–water partition coefficient (Wildman–Crippen LogP) is 5.27. The molecule has 2 atom stereocenters. The van der Waals surface area contributed by atoms with Crippen LogP contribution in [0.2, 0.25) is 0 Å². The Hall–Kier alpha value is -2.95. The third-order valence-corrected chi connectivity index (χ3v) is 5.93.